The van der Waals surface area contributed by atoms with Gasteiger partial charge in [-0.25, -0.2) is 9.37 Å². The highest BCUT2D eigenvalue weighted by atomic mass is 19.1. The standard InChI is InChI=1S/C8H6FNO/c1-3-6-4-7(9)8(11-2)10-5-6/h1,4-5H,2H3. The molecule has 1 heterocycles. The van der Waals surface area contributed by atoms with Gasteiger partial charge in [-0.05, 0) is 6.07 Å². The van der Waals surface area contributed by atoms with E-state index in [4.69, 9.17) is 6.42 Å². The Bertz CT molecular complexity index is 303. The van der Waals surface area contributed by atoms with Crippen LogP contribution >= 0.6 is 0 Å². The summed E-state index contributed by atoms with van der Waals surface area (Å²) in [5.74, 6) is 1.68. The first kappa shape index (κ1) is 7.55. The lowest BCUT2D eigenvalue weighted by Gasteiger charge is -1.98. The third-order valence-corrected chi connectivity index (χ3v) is 1.17. The van der Waals surface area contributed by atoms with E-state index in [1.165, 1.54) is 19.4 Å². The molecule has 0 aliphatic carbocycles. The van der Waals surface area contributed by atoms with Gasteiger partial charge in [0.1, 0.15) is 0 Å². The number of rotatable bonds is 1. The van der Waals surface area contributed by atoms with Crippen molar-refractivity contribution >= 4 is 0 Å². The molecule has 0 saturated carbocycles. The first-order valence-corrected chi connectivity index (χ1v) is 2.94. The topological polar surface area (TPSA) is 22.1 Å². The molecule has 0 fully saturated rings. The fraction of sp³-hybridized carbons (Fsp3) is 0.125. The summed E-state index contributed by atoms with van der Waals surface area (Å²) in [6.45, 7) is 0. The van der Waals surface area contributed by atoms with E-state index in [0.29, 0.717) is 5.56 Å². The van der Waals surface area contributed by atoms with Crippen LogP contribution in [0.2, 0.25) is 0 Å². The highest BCUT2D eigenvalue weighted by Crippen LogP contribution is 2.12. The lowest BCUT2D eigenvalue weighted by atomic mass is 10.3. The number of hydrogen-bond acceptors (Lipinski definition) is 2. The van der Waals surface area contributed by atoms with Gasteiger partial charge in [-0.1, -0.05) is 5.92 Å². The second-order valence-corrected chi connectivity index (χ2v) is 1.86. The van der Waals surface area contributed by atoms with Crippen LogP contribution in [0.3, 0.4) is 0 Å². The molecule has 56 valence electrons. The number of terminal acetylenes is 1. The Labute approximate surface area is 64.0 Å². The van der Waals surface area contributed by atoms with Crippen LogP contribution in [0.5, 0.6) is 5.88 Å². The van der Waals surface area contributed by atoms with Crippen molar-refractivity contribution in [3.63, 3.8) is 0 Å². The first-order valence-electron chi connectivity index (χ1n) is 2.94. The van der Waals surface area contributed by atoms with Crippen molar-refractivity contribution < 1.29 is 9.13 Å². The van der Waals surface area contributed by atoms with E-state index in [0.717, 1.165) is 0 Å². The van der Waals surface area contributed by atoms with Crippen molar-refractivity contribution in [2.45, 2.75) is 0 Å². The normalized spacial score (nSPS) is 8.82. The Kier molecular flexibility index (Phi) is 2.07. The quantitative estimate of drug-likeness (QED) is 0.563. The number of halogens is 1. The molecular formula is C8H6FNO. The smallest absolute Gasteiger partial charge is 0.250 e. The fourth-order valence-corrected chi connectivity index (χ4v) is 0.655. The summed E-state index contributed by atoms with van der Waals surface area (Å²) in [6.07, 6.45) is 6.39. The molecule has 0 aromatic carbocycles. The molecule has 0 N–H and O–H groups in total. The zero-order valence-corrected chi connectivity index (χ0v) is 5.97. The van der Waals surface area contributed by atoms with Gasteiger partial charge < -0.3 is 4.74 Å². The molecule has 1 aromatic heterocycles. The summed E-state index contributed by atoms with van der Waals surface area (Å²) >= 11 is 0. The van der Waals surface area contributed by atoms with Gasteiger partial charge in [0.2, 0.25) is 5.88 Å². The van der Waals surface area contributed by atoms with E-state index in [1.54, 1.807) is 0 Å². The molecule has 0 amide bonds. The molecule has 1 rings (SSSR count). The molecule has 2 nitrogen and oxygen atoms in total. The molecule has 0 saturated heterocycles. The largest absolute Gasteiger partial charge is 0.479 e. The average Bonchev–Trinajstić information content (AvgIpc) is 2.04. The molecule has 0 unspecified atom stereocenters. The number of methoxy groups -OCH3 is 1. The predicted molar refractivity (Wildman–Crippen MR) is 38.7 cm³/mol. The summed E-state index contributed by atoms with van der Waals surface area (Å²) in [5.41, 5.74) is 0.406. The number of hydrogen-bond donors (Lipinski definition) is 0. The van der Waals surface area contributed by atoms with Crippen LogP contribution < -0.4 is 4.74 Å². The Morgan fingerprint density at radius 2 is 2.45 bits per heavy atom. The van der Waals surface area contributed by atoms with Crippen molar-refractivity contribution in [1.82, 2.24) is 4.98 Å². The zero-order valence-electron chi connectivity index (χ0n) is 5.97. The lowest BCUT2D eigenvalue weighted by molar-refractivity contribution is 0.369. The maximum atomic E-state index is 12.8. The summed E-state index contributed by atoms with van der Waals surface area (Å²) in [5, 5.41) is 0. The molecule has 0 atom stereocenters. The van der Waals surface area contributed by atoms with Crippen LogP contribution in [0.25, 0.3) is 0 Å². The van der Waals surface area contributed by atoms with E-state index in [2.05, 4.69) is 15.6 Å². The Morgan fingerprint density at radius 1 is 1.73 bits per heavy atom. The van der Waals surface area contributed by atoms with Gasteiger partial charge in [0, 0.05) is 11.8 Å². The molecule has 0 aliphatic rings. The highest BCUT2D eigenvalue weighted by Gasteiger charge is 2.02. The van der Waals surface area contributed by atoms with Crippen molar-refractivity contribution in [1.29, 1.82) is 0 Å². The Morgan fingerprint density at radius 3 is 2.91 bits per heavy atom. The van der Waals surface area contributed by atoms with E-state index in [1.807, 2.05) is 0 Å². The Balaban J connectivity index is 3.12. The molecule has 0 bridgehead atoms. The molecule has 0 aliphatic heterocycles. The molecule has 0 spiro atoms. The van der Waals surface area contributed by atoms with Gasteiger partial charge in [0.25, 0.3) is 0 Å². The second kappa shape index (κ2) is 3.02. The molecule has 3 heteroatoms. The maximum Gasteiger partial charge on any atom is 0.250 e. The zero-order chi connectivity index (χ0) is 8.27. The third-order valence-electron chi connectivity index (χ3n) is 1.17. The minimum atomic E-state index is -0.539. The fourth-order valence-electron chi connectivity index (χ4n) is 0.655. The second-order valence-electron chi connectivity index (χ2n) is 1.86. The highest BCUT2D eigenvalue weighted by molar-refractivity contribution is 5.32. The van der Waals surface area contributed by atoms with Crippen LogP contribution in [-0.4, -0.2) is 12.1 Å². The van der Waals surface area contributed by atoms with Gasteiger partial charge in [-0.3, -0.25) is 0 Å². The molecule has 0 radical (unpaired) electrons. The van der Waals surface area contributed by atoms with Crippen LogP contribution in [0, 0.1) is 18.2 Å². The van der Waals surface area contributed by atoms with Crippen molar-refractivity contribution in [3.8, 4) is 18.2 Å². The number of pyridine rings is 1. The van der Waals surface area contributed by atoms with E-state index < -0.39 is 5.82 Å². The van der Waals surface area contributed by atoms with Gasteiger partial charge in [0.05, 0.1) is 7.11 Å². The molecule has 1 aromatic rings. The van der Waals surface area contributed by atoms with E-state index in [-0.39, 0.29) is 5.88 Å². The van der Waals surface area contributed by atoms with Gasteiger partial charge in [-0.2, -0.15) is 0 Å². The van der Waals surface area contributed by atoms with Crippen LogP contribution in [0.1, 0.15) is 5.56 Å². The molecule has 11 heavy (non-hydrogen) atoms. The minimum Gasteiger partial charge on any atom is -0.479 e. The van der Waals surface area contributed by atoms with Crippen LogP contribution in [-0.2, 0) is 0 Å². The van der Waals surface area contributed by atoms with Crippen LogP contribution in [0.4, 0.5) is 4.39 Å². The average molecular weight is 151 g/mol. The SMILES string of the molecule is C#Cc1cnc(OC)c(F)c1. The number of ether oxygens (including phenoxy) is 1. The number of aromatic nitrogens is 1. The van der Waals surface area contributed by atoms with Gasteiger partial charge >= 0.3 is 0 Å². The summed E-state index contributed by atoms with van der Waals surface area (Å²) in [4.78, 5) is 3.63. The maximum absolute atomic E-state index is 12.8. The van der Waals surface area contributed by atoms with Gasteiger partial charge in [0.15, 0.2) is 5.82 Å². The van der Waals surface area contributed by atoms with Gasteiger partial charge in [-0.15, -0.1) is 6.42 Å². The monoisotopic (exact) mass is 151 g/mol. The third kappa shape index (κ3) is 1.47. The first-order chi connectivity index (χ1) is 5.27. The van der Waals surface area contributed by atoms with Crippen LogP contribution in [0.15, 0.2) is 12.3 Å². The van der Waals surface area contributed by atoms with E-state index >= 15 is 0 Å². The lowest BCUT2D eigenvalue weighted by Crippen LogP contribution is -1.92. The van der Waals surface area contributed by atoms with Crippen molar-refractivity contribution in [3.05, 3.63) is 23.6 Å². The van der Waals surface area contributed by atoms with Crippen molar-refractivity contribution in [2.75, 3.05) is 7.11 Å². The summed E-state index contributed by atoms with van der Waals surface area (Å²) in [6, 6.07) is 1.20. The summed E-state index contributed by atoms with van der Waals surface area (Å²) in [7, 11) is 1.35. The summed E-state index contributed by atoms with van der Waals surface area (Å²) < 4.78 is 17.3. The minimum absolute atomic E-state index is 0.0380. The Hall–Kier alpha value is -1.56. The number of nitrogens with zero attached hydrogens (tertiary/aromatic N) is 1. The van der Waals surface area contributed by atoms with Crippen molar-refractivity contribution in [2.24, 2.45) is 0 Å². The van der Waals surface area contributed by atoms with E-state index in [9.17, 15) is 4.39 Å². The predicted octanol–water partition coefficient (Wildman–Crippen LogP) is 1.21. The molecular weight excluding hydrogens is 145 g/mol.